The summed E-state index contributed by atoms with van der Waals surface area (Å²) in [6, 6.07) is 9.73. The Labute approximate surface area is 169 Å². The Kier molecular flexibility index (Phi) is 5.23. The van der Waals surface area contributed by atoms with Crippen molar-refractivity contribution in [2.45, 2.75) is 6.10 Å². The van der Waals surface area contributed by atoms with Gasteiger partial charge in [0.2, 0.25) is 5.95 Å². The summed E-state index contributed by atoms with van der Waals surface area (Å²) in [6.45, 7) is 1.59. The lowest BCUT2D eigenvalue weighted by Gasteiger charge is -2.35. The second-order valence-corrected chi connectivity index (χ2v) is 7.40. The van der Waals surface area contributed by atoms with Crippen molar-refractivity contribution >= 4 is 21.9 Å². The Balaban J connectivity index is 1.68. The van der Waals surface area contributed by atoms with Gasteiger partial charge in [0.1, 0.15) is 11.9 Å². The van der Waals surface area contributed by atoms with Gasteiger partial charge in [-0.2, -0.15) is 0 Å². The molecule has 1 aromatic carbocycles. The van der Waals surface area contributed by atoms with Crippen LogP contribution >= 0.6 is 15.9 Å². The fraction of sp³-hybridized carbons (Fsp3) is 0.250. The number of aromatic nitrogens is 3. The first-order valence-corrected chi connectivity index (χ1v) is 9.62. The molecular formula is C20H18BrFN4O2. The molecule has 0 amide bonds. The molecule has 0 spiro atoms. The molecule has 4 rings (SSSR count). The molecule has 3 aromatic rings. The number of morpholine rings is 1. The number of nitrogens with zero attached hydrogens (tertiary/aromatic N) is 4. The summed E-state index contributed by atoms with van der Waals surface area (Å²) in [7, 11) is 1.71. The lowest BCUT2D eigenvalue weighted by atomic mass is 10.1. The van der Waals surface area contributed by atoms with Crippen LogP contribution in [0.2, 0.25) is 0 Å². The van der Waals surface area contributed by atoms with Crippen LogP contribution < -0.4 is 10.5 Å². The van der Waals surface area contributed by atoms with Gasteiger partial charge in [0.15, 0.2) is 0 Å². The van der Waals surface area contributed by atoms with Crippen molar-refractivity contribution in [2.24, 2.45) is 7.05 Å². The summed E-state index contributed by atoms with van der Waals surface area (Å²) in [5.41, 5.74) is 2.16. The van der Waals surface area contributed by atoms with E-state index in [2.05, 4.69) is 20.9 Å². The molecule has 0 aliphatic carbocycles. The second kappa shape index (κ2) is 7.81. The fourth-order valence-corrected chi connectivity index (χ4v) is 3.87. The molecule has 3 heterocycles. The lowest BCUT2D eigenvalue weighted by Crippen LogP contribution is -2.41. The average Bonchev–Trinajstić information content (AvgIpc) is 2.70. The Morgan fingerprint density at radius 3 is 2.75 bits per heavy atom. The van der Waals surface area contributed by atoms with Crippen molar-refractivity contribution in [2.75, 3.05) is 24.6 Å². The normalized spacial score (nSPS) is 17.0. The minimum Gasteiger partial charge on any atom is -0.370 e. The number of rotatable bonds is 3. The standard InChI is InChI=1S/C20H18BrFN4O2/c1-25-19(27)11-17(13-4-6-23-7-5-13)24-20(25)26-8-9-28-18(12-26)15-3-2-14(22)10-16(15)21/h2-7,10-11,18H,8-9,12H2,1H3. The van der Waals surface area contributed by atoms with E-state index < -0.39 is 0 Å². The van der Waals surface area contributed by atoms with E-state index in [1.807, 2.05) is 17.0 Å². The van der Waals surface area contributed by atoms with Gasteiger partial charge in [-0.15, -0.1) is 0 Å². The highest BCUT2D eigenvalue weighted by Gasteiger charge is 2.26. The van der Waals surface area contributed by atoms with Crippen LogP contribution in [0.1, 0.15) is 11.7 Å². The SMILES string of the molecule is Cn1c(N2CCOC(c3ccc(F)cc3Br)C2)nc(-c2ccncc2)cc1=O. The van der Waals surface area contributed by atoms with Crippen molar-refractivity contribution in [3.63, 3.8) is 0 Å². The van der Waals surface area contributed by atoms with Gasteiger partial charge in [0, 0.05) is 42.1 Å². The average molecular weight is 445 g/mol. The Bertz CT molecular complexity index is 1060. The van der Waals surface area contributed by atoms with Crippen LogP contribution in [-0.2, 0) is 11.8 Å². The molecule has 0 saturated carbocycles. The first-order valence-electron chi connectivity index (χ1n) is 8.83. The molecule has 2 aromatic heterocycles. The van der Waals surface area contributed by atoms with Crippen LogP contribution in [-0.4, -0.2) is 34.2 Å². The number of anilines is 1. The molecule has 1 fully saturated rings. The summed E-state index contributed by atoms with van der Waals surface area (Å²) in [4.78, 5) is 23.3. The third-order valence-corrected chi connectivity index (χ3v) is 5.43. The van der Waals surface area contributed by atoms with Crippen molar-refractivity contribution in [1.82, 2.24) is 14.5 Å². The zero-order chi connectivity index (χ0) is 19.7. The van der Waals surface area contributed by atoms with E-state index >= 15 is 0 Å². The minimum atomic E-state index is -0.308. The molecule has 1 saturated heterocycles. The summed E-state index contributed by atoms with van der Waals surface area (Å²) in [6.07, 6.45) is 3.08. The molecule has 1 atom stereocenters. The number of halogens is 2. The van der Waals surface area contributed by atoms with Crippen molar-refractivity contribution in [3.8, 4) is 11.3 Å². The fourth-order valence-electron chi connectivity index (χ4n) is 3.26. The van der Waals surface area contributed by atoms with Gasteiger partial charge in [0.25, 0.3) is 5.56 Å². The lowest BCUT2D eigenvalue weighted by molar-refractivity contribution is 0.0385. The molecular weight excluding hydrogens is 427 g/mol. The minimum absolute atomic E-state index is 0.136. The molecule has 28 heavy (non-hydrogen) atoms. The second-order valence-electron chi connectivity index (χ2n) is 6.55. The van der Waals surface area contributed by atoms with Crippen molar-refractivity contribution in [3.05, 3.63) is 75.0 Å². The third kappa shape index (κ3) is 3.70. The Morgan fingerprint density at radius 2 is 2.00 bits per heavy atom. The van der Waals surface area contributed by atoms with Gasteiger partial charge in [0.05, 0.1) is 18.8 Å². The van der Waals surface area contributed by atoms with E-state index in [0.29, 0.717) is 35.8 Å². The summed E-state index contributed by atoms with van der Waals surface area (Å²) in [5, 5.41) is 0. The summed E-state index contributed by atoms with van der Waals surface area (Å²) in [5.74, 6) is 0.267. The number of pyridine rings is 1. The topological polar surface area (TPSA) is 60.2 Å². The quantitative estimate of drug-likeness (QED) is 0.619. The molecule has 1 aliphatic rings. The highest BCUT2D eigenvalue weighted by molar-refractivity contribution is 9.10. The Hall–Kier alpha value is -2.58. The van der Waals surface area contributed by atoms with Crippen LogP contribution in [0.5, 0.6) is 0 Å². The first-order chi connectivity index (χ1) is 13.5. The van der Waals surface area contributed by atoms with E-state index in [0.717, 1.165) is 11.1 Å². The van der Waals surface area contributed by atoms with Crippen LogP contribution in [0, 0.1) is 5.82 Å². The first kappa shape index (κ1) is 18.8. The van der Waals surface area contributed by atoms with Crippen LogP contribution in [0.3, 0.4) is 0 Å². The molecule has 0 N–H and O–H groups in total. The molecule has 144 valence electrons. The van der Waals surface area contributed by atoms with Gasteiger partial charge in [-0.25, -0.2) is 9.37 Å². The van der Waals surface area contributed by atoms with Crippen LogP contribution in [0.15, 0.2) is 58.1 Å². The predicted octanol–water partition coefficient (Wildman–Crippen LogP) is 3.32. The van der Waals surface area contributed by atoms with Gasteiger partial charge in [-0.05, 0) is 29.8 Å². The van der Waals surface area contributed by atoms with E-state index in [1.54, 1.807) is 25.5 Å². The third-order valence-electron chi connectivity index (χ3n) is 4.75. The number of ether oxygens (including phenoxy) is 1. The largest absolute Gasteiger partial charge is 0.370 e. The molecule has 1 unspecified atom stereocenters. The van der Waals surface area contributed by atoms with E-state index in [-0.39, 0.29) is 17.5 Å². The Morgan fingerprint density at radius 1 is 1.21 bits per heavy atom. The van der Waals surface area contributed by atoms with E-state index in [4.69, 9.17) is 9.72 Å². The molecule has 0 radical (unpaired) electrons. The zero-order valence-electron chi connectivity index (χ0n) is 15.2. The monoisotopic (exact) mass is 444 g/mol. The molecule has 1 aliphatic heterocycles. The summed E-state index contributed by atoms with van der Waals surface area (Å²) < 4.78 is 21.5. The van der Waals surface area contributed by atoms with E-state index in [1.165, 1.54) is 22.8 Å². The smallest absolute Gasteiger partial charge is 0.255 e. The van der Waals surface area contributed by atoms with Crippen molar-refractivity contribution in [1.29, 1.82) is 0 Å². The van der Waals surface area contributed by atoms with Gasteiger partial charge < -0.3 is 9.64 Å². The van der Waals surface area contributed by atoms with E-state index in [9.17, 15) is 9.18 Å². The molecule has 6 nitrogen and oxygen atoms in total. The van der Waals surface area contributed by atoms with Crippen molar-refractivity contribution < 1.29 is 9.13 Å². The maximum absolute atomic E-state index is 13.4. The van der Waals surface area contributed by atoms with Gasteiger partial charge >= 0.3 is 0 Å². The number of hydrogen-bond donors (Lipinski definition) is 0. The number of benzene rings is 1. The zero-order valence-corrected chi connectivity index (χ0v) is 16.8. The van der Waals surface area contributed by atoms with Crippen LogP contribution in [0.25, 0.3) is 11.3 Å². The maximum Gasteiger partial charge on any atom is 0.255 e. The highest BCUT2D eigenvalue weighted by Crippen LogP contribution is 2.31. The van der Waals surface area contributed by atoms with Gasteiger partial charge in [-0.1, -0.05) is 22.0 Å². The van der Waals surface area contributed by atoms with Crippen LogP contribution in [0.4, 0.5) is 10.3 Å². The summed E-state index contributed by atoms with van der Waals surface area (Å²) >= 11 is 3.41. The maximum atomic E-state index is 13.4. The van der Waals surface area contributed by atoms with Gasteiger partial charge in [-0.3, -0.25) is 14.3 Å². The molecule has 8 heteroatoms. The highest BCUT2D eigenvalue weighted by atomic mass is 79.9. The molecule has 0 bridgehead atoms. The predicted molar refractivity (Wildman–Crippen MR) is 108 cm³/mol. The number of hydrogen-bond acceptors (Lipinski definition) is 5.